The highest BCUT2D eigenvalue weighted by Gasteiger charge is 2.20. The summed E-state index contributed by atoms with van der Waals surface area (Å²) >= 11 is 11.5. The van der Waals surface area contributed by atoms with E-state index in [2.05, 4.69) is 0 Å². The molecule has 0 aliphatic carbocycles. The summed E-state index contributed by atoms with van der Waals surface area (Å²) in [5.74, 6) is -2.92. The molecule has 128 valence electrons. The van der Waals surface area contributed by atoms with Gasteiger partial charge in [-0.1, -0.05) is 29.3 Å². The average molecular weight is 395 g/mol. The fourth-order valence-corrected chi connectivity index (χ4v) is 3.46. The minimum atomic E-state index is -4.14. The van der Waals surface area contributed by atoms with Crippen LogP contribution in [0.3, 0.4) is 0 Å². The molecule has 0 bridgehead atoms. The molecule has 0 radical (unpaired) electrons. The molecule has 2 aromatic rings. The van der Waals surface area contributed by atoms with Crippen molar-refractivity contribution in [2.75, 3.05) is 11.9 Å². The Morgan fingerprint density at radius 3 is 2.33 bits per heavy atom. The lowest BCUT2D eigenvalue weighted by atomic mass is 10.3. The van der Waals surface area contributed by atoms with Crippen LogP contribution in [0, 0.1) is 11.6 Å². The lowest BCUT2D eigenvalue weighted by molar-refractivity contribution is -0.115. The molecular weight excluding hydrogens is 385 g/mol. The second-order valence-electron chi connectivity index (χ2n) is 4.54. The van der Waals surface area contributed by atoms with Crippen molar-refractivity contribution in [3.8, 4) is 0 Å². The number of amides is 1. The van der Waals surface area contributed by atoms with Gasteiger partial charge < -0.3 is 5.32 Å². The summed E-state index contributed by atoms with van der Waals surface area (Å²) in [7, 11) is -4.14. The first kappa shape index (κ1) is 18.6. The van der Waals surface area contributed by atoms with Gasteiger partial charge in [0.25, 0.3) is 0 Å². The minimum Gasteiger partial charge on any atom is -0.320 e. The van der Waals surface area contributed by atoms with Crippen LogP contribution in [0.15, 0.2) is 41.3 Å². The lowest BCUT2D eigenvalue weighted by Crippen LogP contribution is -2.33. The molecule has 2 rings (SSSR count). The summed E-state index contributed by atoms with van der Waals surface area (Å²) in [5, 5.41) is 2.00. The third kappa shape index (κ3) is 4.41. The molecule has 0 unspecified atom stereocenters. The van der Waals surface area contributed by atoms with Gasteiger partial charge in [0, 0.05) is 5.02 Å². The van der Waals surface area contributed by atoms with Crippen LogP contribution in [0.5, 0.6) is 0 Å². The van der Waals surface area contributed by atoms with Gasteiger partial charge in [-0.3, -0.25) is 4.79 Å². The van der Waals surface area contributed by atoms with Crippen LogP contribution in [0.25, 0.3) is 0 Å². The molecule has 5 nitrogen and oxygen atoms in total. The van der Waals surface area contributed by atoms with Gasteiger partial charge in [-0.25, -0.2) is 21.9 Å². The van der Waals surface area contributed by atoms with E-state index in [9.17, 15) is 22.0 Å². The van der Waals surface area contributed by atoms with E-state index < -0.39 is 39.8 Å². The minimum absolute atomic E-state index is 0.0903. The van der Waals surface area contributed by atoms with Crippen LogP contribution in [-0.2, 0) is 14.8 Å². The maximum absolute atomic E-state index is 13.4. The first-order chi connectivity index (χ1) is 11.2. The Bertz CT molecular complexity index is 871. The fraction of sp³-hybridized carbons (Fsp3) is 0.0714. The highest BCUT2D eigenvalue weighted by atomic mass is 35.5. The summed E-state index contributed by atoms with van der Waals surface area (Å²) in [6, 6.07) is 6.83. The Kier molecular flexibility index (Phi) is 5.76. The van der Waals surface area contributed by atoms with Crippen molar-refractivity contribution in [1.82, 2.24) is 4.72 Å². The van der Waals surface area contributed by atoms with Crippen LogP contribution in [-0.4, -0.2) is 20.9 Å². The van der Waals surface area contributed by atoms with Gasteiger partial charge in [-0.05, 0) is 30.3 Å². The summed E-state index contributed by atoms with van der Waals surface area (Å²) < 4.78 is 53.0. The smallest absolute Gasteiger partial charge is 0.242 e. The molecule has 10 heteroatoms. The van der Waals surface area contributed by atoms with Crippen LogP contribution in [0.2, 0.25) is 10.0 Å². The summed E-state index contributed by atoms with van der Waals surface area (Å²) in [5.41, 5.74) is -0.664. The van der Waals surface area contributed by atoms with Crippen LogP contribution in [0.1, 0.15) is 0 Å². The Hall–Kier alpha value is -1.74. The quantitative estimate of drug-likeness (QED) is 0.817. The monoisotopic (exact) mass is 394 g/mol. The molecule has 0 saturated heterocycles. The third-order valence-electron chi connectivity index (χ3n) is 2.83. The highest BCUT2D eigenvalue weighted by Crippen LogP contribution is 2.24. The summed E-state index contributed by atoms with van der Waals surface area (Å²) in [6.45, 7) is -0.751. The molecule has 0 heterocycles. The number of para-hydroxylation sites is 1. The molecule has 0 aliphatic heterocycles. The van der Waals surface area contributed by atoms with Crippen molar-refractivity contribution in [2.24, 2.45) is 0 Å². The van der Waals surface area contributed by atoms with Crippen molar-refractivity contribution in [2.45, 2.75) is 4.90 Å². The predicted molar refractivity (Wildman–Crippen MR) is 86.6 cm³/mol. The topological polar surface area (TPSA) is 75.3 Å². The van der Waals surface area contributed by atoms with Crippen molar-refractivity contribution >= 4 is 44.8 Å². The van der Waals surface area contributed by atoms with Gasteiger partial charge in [0.15, 0.2) is 0 Å². The number of hydrogen-bond acceptors (Lipinski definition) is 3. The van der Waals surface area contributed by atoms with E-state index in [4.69, 9.17) is 23.2 Å². The second-order valence-corrected chi connectivity index (χ2v) is 7.12. The lowest BCUT2D eigenvalue weighted by Gasteiger charge is -2.10. The third-order valence-corrected chi connectivity index (χ3v) is 4.95. The number of hydrogen-bond donors (Lipinski definition) is 2. The predicted octanol–water partition coefficient (Wildman–Crippen LogP) is 3.19. The maximum atomic E-state index is 13.4. The van der Waals surface area contributed by atoms with E-state index in [0.717, 1.165) is 24.3 Å². The number of benzene rings is 2. The number of anilines is 1. The number of halogens is 4. The molecule has 0 fully saturated rings. The number of carbonyl (C=O) groups excluding carboxylic acids is 1. The van der Waals surface area contributed by atoms with Crippen LogP contribution in [0.4, 0.5) is 14.5 Å². The molecule has 0 aromatic heterocycles. The van der Waals surface area contributed by atoms with E-state index in [1.165, 1.54) is 12.1 Å². The van der Waals surface area contributed by atoms with Gasteiger partial charge in [-0.2, -0.15) is 0 Å². The van der Waals surface area contributed by atoms with Crippen LogP contribution < -0.4 is 10.0 Å². The molecule has 2 aromatic carbocycles. The van der Waals surface area contributed by atoms with Gasteiger partial charge in [0.1, 0.15) is 22.2 Å². The first-order valence-electron chi connectivity index (χ1n) is 6.39. The van der Waals surface area contributed by atoms with Crippen molar-refractivity contribution in [3.63, 3.8) is 0 Å². The fourth-order valence-electron chi connectivity index (χ4n) is 1.72. The molecule has 0 aliphatic rings. The highest BCUT2D eigenvalue weighted by molar-refractivity contribution is 7.89. The van der Waals surface area contributed by atoms with Crippen molar-refractivity contribution < 1.29 is 22.0 Å². The SMILES string of the molecule is O=C(CNS(=O)(=O)c1cc(Cl)ccc1Cl)Nc1c(F)cccc1F. The van der Waals surface area contributed by atoms with E-state index >= 15 is 0 Å². The molecule has 0 atom stereocenters. The van der Waals surface area contributed by atoms with E-state index in [0.29, 0.717) is 0 Å². The molecule has 0 spiro atoms. The number of carbonyl (C=O) groups is 1. The van der Waals surface area contributed by atoms with Gasteiger partial charge >= 0.3 is 0 Å². The Balaban J connectivity index is 2.09. The zero-order valence-corrected chi connectivity index (χ0v) is 14.1. The average Bonchev–Trinajstić information content (AvgIpc) is 2.51. The Morgan fingerprint density at radius 2 is 1.71 bits per heavy atom. The Labute approximate surface area is 146 Å². The largest absolute Gasteiger partial charge is 0.320 e. The van der Waals surface area contributed by atoms with Crippen molar-refractivity contribution in [3.05, 3.63) is 58.1 Å². The van der Waals surface area contributed by atoms with E-state index in [-0.39, 0.29) is 14.9 Å². The van der Waals surface area contributed by atoms with Gasteiger partial charge in [0.05, 0.1) is 11.6 Å². The molecule has 24 heavy (non-hydrogen) atoms. The zero-order chi connectivity index (χ0) is 17.9. The van der Waals surface area contributed by atoms with E-state index in [1.54, 1.807) is 0 Å². The number of sulfonamides is 1. The zero-order valence-electron chi connectivity index (χ0n) is 11.8. The van der Waals surface area contributed by atoms with Gasteiger partial charge in [-0.15, -0.1) is 0 Å². The second kappa shape index (κ2) is 7.43. The first-order valence-corrected chi connectivity index (χ1v) is 8.63. The summed E-state index contributed by atoms with van der Waals surface area (Å²) in [4.78, 5) is 11.4. The maximum Gasteiger partial charge on any atom is 0.242 e. The number of nitrogens with one attached hydrogen (secondary N) is 2. The van der Waals surface area contributed by atoms with Gasteiger partial charge in [0.2, 0.25) is 15.9 Å². The molecular formula is C14H10Cl2F2N2O3S. The van der Waals surface area contributed by atoms with Crippen LogP contribution >= 0.6 is 23.2 Å². The van der Waals surface area contributed by atoms with Crippen molar-refractivity contribution in [1.29, 1.82) is 0 Å². The normalized spacial score (nSPS) is 11.3. The van der Waals surface area contributed by atoms with E-state index in [1.807, 2.05) is 10.0 Å². The standard InChI is InChI=1S/C14H10Cl2F2N2O3S/c15-8-4-5-9(16)12(6-8)24(22,23)19-7-13(21)20-14-10(17)2-1-3-11(14)18/h1-6,19H,7H2,(H,20,21). The molecule has 1 amide bonds. The summed E-state index contributed by atoms with van der Waals surface area (Å²) in [6.07, 6.45) is 0. The Morgan fingerprint density at radius 1 is 1.08 bits per heavy atom. The molecule has 0 saturated carbocycles. The molecule has 2 N–H and O–H groups in total. The number of rotatable bonds is 5.